The minimum absolute atomic E-state index is 0.287. The van der Waals surface area contributed by atoms with Crippen LogP contribution in [0, 0.1) is 5.82 Å². The molecule has 6 heteroatoms. The van der Waals surface area contributed by atoms with E-state index in [9.17, 15) is 9.18 Å². The predicted octanol–water partition coefficient (Wildman–Crippen LogP) is 2.28. The fourth-order valence-electron chi connectivity index (χ4n) is 1.39. The van der Waals surface area contributed by atoms with E-state index in [2.05, 4.69) is 21.2 Å². The maximum absolute atomic E-state index is 13.0. The molecule has 0 saturated heterocycles. The molecule has 0 bridgehead atoms. The third-order valence-electron chi connectivity index (χ3n) is 2.39. The summed E-state index contributed by atoms with van der Waals surface area (Å²) in [6.45, 7) is 0.572. The third kappa shape index (κ3) is 4.72. The molecule has 100 valence electrons. The van der Waals surface area contributed by atoms with Crippen LogP contribution in [0.15, 0.2) is 22.7 Å². The van der Waals surface area contributed by atoms with Crippen LogP contribution in [0.5, 0.6) is 0 Å². The number of nitrogens with two attached hydrogens (primary N) is 1. The lowest BCUT2D eigenvalue weighted by Crippen LogP contribution is -2.35. The molecule has 1 aromatic rings. The van der Waals surface area contributed by atoms with Crippen molar-refractivity contribution in [2.45, 2.75) is 18.9 Å². The predicted molar refractivity (Wildman–Crippen MR) is 71.8 cm³/mol. The number of hydrogen-bond donors (Lipinski definition) is 2. The second kappa shape index (κ2) is 7.45. The normalized spacial score (nSPS) is 12.2. The first kappa shape index (κ1) is 15.1. The van der Waals surface area contributed by atoms with Crippen molar-refractivity contribution in [1.29, 1.82) is 0 Å². The summed E-state index contributed by atoms with van der Waals surface area (Å²) < 4.78 is 18.2. The smallest absolute Gasteiger partial charge is 0.241 e. The standard InChI is InChI=1S/C12H16BrFN2O2/c1-18-6-2-3-11(15)12(17)16-8-4-5-10(14)9(13)7-8/h4-5,7,11H,2-3,6,15H2,1H3,(H,16,17). The van der Waals surface area contributed by atoms with E-state index in [1.807, 2.05) is 0 Å². The van der Waals surface area contributed by atoms with E-state index in [-0.39, 0.29) is 11.7 Å². The van der Waals surface area contributed by atoms with Crippen LogP contribution >= 0.6 is 15.9 Å². The number of anilines is 1. The fourth-order valence-corrected chi connectivity index (χ4v) is 1.77. The van der Waals surface area contributed by atoms with Crippen molar-refractivity contribution in [2.24, 2.45) is 5.73 Å². The van der Waals surface area contributed by atoms with Gasteiger partial charge in [-0.15, -0.1) is 0 Å². The maximum atomic E-state index is 13.0. The van der Waals surface area contributed by atoms with Gasteiger partial charge in [0.2, 0.25) is 5.91 Å². The molecule has 1 atom stereocenters. The number of hydrogen-bond acceptors (Lipinski definition) is 3. The Hall–Kier alpha value is -0.980. The number of amides is 1. The maximum Gasteiger partial charge on any atom is 0.241 e. The van der Waals surface area contributed by atoms with Crippen LogP contribution < -0.4 is 11.1 Å². The van der Waals surface area contributed by atoms with Crippen LogP contribution in [0.4, 0.5) is 10.1 Å². The van der Waals surface area contributed by atoms with Crippen LogP contribution in [0.3, 0.4) is 0 Å². The Bertz CT molecular complexity index is 415. The Morgan fingerprint density at radius 1 is 1.61 bits per heavy atom. The van der Waals surface area contributed by atoms with Gasteiger partial charge in [-0.1, -0.05) is 0 Å². The summed E-state index contributed by atoms with van der Waals surface area (Å²) in [5.41, 5.74) is 6.23. The molecule has 4 nitrogen and oxygen atoms in total. The summed E-state index contributed by atoms with van der Waals surface area (Å²) in [7, 11) is 1.60. The molecule has 0 radical (unpaired) electrons. The van der Waals surface area contributed by atoms with E-state index in [4.69, 9.17) is 10.5 Å². The van der Waals surface area contributed by atoms with Crippen LogP contribution in [0.1, 0.15) is 12.8 Å². The summed E-state index contributed by atoms with van der Waals surface area (Å²) >= 11 is 3.05. The second-order valence-corrected chi connectivity index (χ2v) is 4.71. The zero-order chi connectivity index (χ0) is 13.5. The SMILES string of the molecule is COCCCC(N)C(=O)Nc1ccc(F)c(Br)c1. The molecule has 0 aromatic heterocycles. The lowest BCUT2D eigenvalue weighted by Gasteiger charge is -2.12. The van der Waals surface area contributed by atoms with Gasteiger partial charge in [0.25, 0.3) is 0 Å². The highest BCUT2D eigenvalue weighted by Crippen LogP contribution is 2.20. The molecule has 0 aliphatic rings. The summed E-state index contributed by atoms with van der Waals surface area (Å²) in [5.74, 6) is -0.665. The molecule has 0 spiro atoms. The zero-order valence-corrected chi connectivity index (χ0v) is 11.7. The number of rotatable bonds is 6. The van der Waals surface area contributed by atoms with Crippen LogP contribution in [0.25, 0.3) is 0 Å². The van der Waals surface area contributed by atoms with Gasteiger partial charge in [0.15, 0.2) is 0 Å². The van der Waals surface area contributed by atoms with Crippen molar-refractivity contribution in [3.63, 3.8) is 0 Å². The molecule has 0 aliphatic heterocycles. The van der Waals surface area contributed by atoms with Gasteiger partial charge in [-0.2, -0.15) is 0 Å². The minimum atomic E-state index is -0.594. The molecule has 18 heavy (non-hydrogen) atoms. The van der Waals surface area contributed by atoms with Crippen LogP contribution in [0.2, 0.25) is 0 Å². The largest absolute Gasteiger partial charge is 0.385 e. The number of ether oxygens (including phenoxy) is 1. The van der Waals surface area contributed by atoms with Gasteiger partial charge < -0.3 is 15.8 Å². The lowest BCUT2D eigenvalue weighted by molar-refractivity contribution is -0.117. The molecule has 1 unspecified atom stereocenters. The molecular formula is C12H16BrFN2O2. The van der Waals surface area contributed by atoms with Gasteiger partial charge in [-0.25, -0.2) is 4.39 Å². The van der Waals surface area contributed by atoms with Crippen molar-refractivity contribution >= 4 is 27.5 Å². The third-order valence-corrected chi connectivity index (χ3v) is 3.00. The molecule has 1 amide bonds. The number of carbonyl (C=O) groups excluding carboxylic acids is 1. The van der Waals surface area contributed by atoms with E-state index in [0.717, 1.165) is 6.42 Å². The van der Waals surface area contributed by atoms with Crippen molar-refractivity contribution in [3.8, 4) is 0 Å². The lowest BCUT2D eigenvalue weighted by atomic mass is 10.1. The fraction of sp³-hybridized carbons (Fsp3) is 0.417. The minimum Gasteiger partial charge on any atom is -0.385 e. The van der Waals surface area contributed by atoms with Gasteiger partial charge in [-0.05, 0) is 47.0 Å². The Balaban J connectivity index is 2.50. The number of nitrogens with one attached hydrogen (secondary N) is 1. The number of benzene rings is 1. The molecule has 1 rings (SSSR count). The first-order valence-electron chi connectivity index (χ1n) is 5.55. The Morgan fingerprint density at radius 2 is 2.33 bits per heavy atom. The topological polar surface area (TPSA) is 64.3 Å². The van der Waals surface area contributed by atoms with Crippen molar-refractivity contribution in [1.82, 2.24) is 0 Å². The first-order chi connectivity index (χ1) is 8.54. The average molecular weight is 319 g/mol. The Morgan fingerprint density at radius 3 is 2.94 bits per heavy atom. The first-order valence-corrected chi connectivity index (χ1v) is 6.34. The number of halogens is 2. The highest BCUT2D eigenvalue weighted by molar-refractivity contribution is 9.10. The van der Waals surface area contributed by atoms with Crippen molar-refractivity contribution < 1.29 is 13.9 Å². The van der Waals surface area contributed by atoms with E-state index < -0.39 is 6.04 Å². The van der Waals surface area contributed by atoms with Gasteiger partial charge >= 0.3 is 0 Å². The summed E-state index contributed by atoms with van der Waals surface area (Å²) in [4.78, 5) is 11.7. The number of carbonyl (C=O) groups is 1. The van der Waals surface area contributed by atoms with Gasteiger partial charge in [0.05, 0.1) is 10.5 Å². The molecule has 0 heterocycles. The van der Waals surface area contributed by atoms with Gasteiger partial charge in [0, 0.05) is 19.4 Å². The van der Waals surface area contributed by atoms with Crippen molar-refractivity contribution in [3.05, 3.63) is 28.5 Å². The van der Waals surface area contributed by atoms with Crippen molar-refractivity contribution in [2.75, 3.05) is 19.0 Å². The van der Waals surface area contributed by atoms with E-state index in [0.29, 0.717) is 23.2 Å². The molecule has 0 aliphatic carbocycles. The van der Waals surface area contributed by atoms with Crippen LogP contribution in [-0.2, 0) is 9.53 Å². The molecule has 0 fully saturated rings. The summed E-state index contributed by atoms with van der Waals surface area (Å²) in [6, 6.07) is 3.66. The summed E-state index contributed by atoms with van der Waals surface area (Å²) in [5, 5.41) is 2.64. The summed E-state index contributed by atoms with van der Waals surface area (Å²) in [6.07, 6.45) is 1.26. The van der Waals surface area contributed by atoms with E-state index >= 15 is 0 Å². The highest BCUT2D eigenvalue weighted by Gasteiger charge is 2.13. The molecule has 0 saturated carbocycles. The monoisotopic (exact) mass is 318 g/mol. The number of methoxy groups -OCH3 is 1. The highest BCUT2D eigenvalue weighted by atomic mass is 79.9. The zero-order valence-electron chi connectivity index (χ0n) is 10.1. The second-order valence-electron chi connectivity index (χ2n) is 3.86. The average Bonchev–Trinajstić information content (AvgIpc) is 2.34. The van der Waals surface area contributed by atoms with Crippen LogP contribution in [-0.4, -0.2) is 25.7 Å². The molecular weight excluding hydrogens is 303 g/mol. The van der Waals surface area contributed by atoms with Gasteiger partial charge in [0.1, 0.15) is 5.82 Å². The van der Waals surface area contributed by atoms with Gasteiger partial charge in [-0.3, -0.25) is 4.79 Å². The Kier molecular flexibility index (Phi) is 6.24. The quantitative estimate of drug-likeness (QED) is 0.791. The molecule has 3 N–H and O–H groups in total. The van der Waals surface area contributed by atoms with E-state index in [1.165, 1.54) is 18.2 Å². The Labute approximate surface area is 114 Å². The molecule has 1 aromatic carbocycles. The van der Waals surface area contributed by atoms with E-state index in [1.54, 1.807) is 7.11 Å².